The van der Waals surface area contributed by atoms with E-state index < -0.39 is 0 Å². The van der Waals surface area contributed by atoms with E-state index in [-0.39, 0.29) is 6.61 Å². The molecule has 1 rings (SSSR count). The number of rotatable bonds is 4. The Labute approximate surface area is 81.1 Å². The van der Waals surface area contributed by atoms with Crippen molar-refractivity contribution >= 4 is 0 Å². The van der Waals surface area contributed by atoms with Crippen LogP contribution < -0.4 is 5.32 Å². The Hall–Kier alpha value is -0.120. The van der Waals surface area contributed by atoms with Crippen molar-refractivity contribution in [2.75, 3.05) is 33.3 Å². The third-order valence-corrected chi connectivity index (χ3v) is 3.05. The molecule has 0 aromatic carbocycles. The lowest BCUT2D eigenvalue weighted by atomic mass is 9.90. The zero-order valence-corrected chi connectivity index (χ0v) is 8.79. The zero-order valence-electron chi connectivity index (χ0n) is 8.79. The molecule has 1 atom stereocenters. The lowest BCUT2D eigenvalue weighted by Gasteiger charge is -2.33. The number of likely N-dealkylation sites (tertiary alicyclic amines) is 1. The van der Waals surface area contributed by atoms with Crippen molar-refractivity contribution in [3.63, 3.8) is 0 Å². The number of aliphatic hydroxyl groups is 1. The quantitative estimate of drug-likeness (QED) is 0.663. The molecule has 1 heterocycles. The monoisotopic (exact) mass is 186 g/mol. The van der Waals surface area contributed by atoms with E-state index in [9.17, 15) is 0 Å². The largest absolute Gasteiger partial charge is 0.395 e. The standard InChI is InChI=1S/C10H22N2O/c1-9(11-5-8-13)10-3-6-12(2)7-4-10/h9-11,13H,3-8H2,1-2H3. The van der Waals surface area contributed by atoms with Gasteiger partial charge in [-0.2, -0.15) is 0 Å². The van der Waals surface area contributed by atoms with Gasteiger partial charge in [0.15, 0.2) is 0 Å². The molecule has 2 N–H and O–H groups in total. The van der Waals surface area contributed by atoms with E-state index in [0.29, 0.717) is 6.04 Å². The lowest BCUT2D eigenvalue weighted by molar-refractivity contribution is 0.184. The SMILES string of the molecule is CC(NCCO)C1CCN(C)CC1. The number of hydrogen-bond donors (Lipinski definition) is 2. The van der Waals surface area contributed by atoms with E-state index in [0.717, 1.165) is 12.5 Å². The smallest absolute Gasteiger partial charge is 0.0556 e. The van der Waals surface area contributed by atoms with Crippen molar-refractivity contribution in [1.29, 1.82) is 0 Å². The van der Waals surface area contributed by atoms with Crippen LogP contribution in [0.15, 0.2) is 0 Å². The normalized spacial score (nSPS) is 23.3. The Morgan fingerprint density at radius 3 is 2.62 bits per heavy atom. The fourth-order valence-corrected chi connectivity index (χ4v) is 1.99. The molecule has 13 heavy (non-hydrogen) atoms. The van der Waals surface area contributed by atoms with Crippen LogP contribution in [-0.4, -0.2) is 49.3 Å². The van der Waals surface area contributed by atoms with Crippen LogP contribution in [-0.2, 0) is 0 Å². The first kappa shape index (κ1) is 11.0. The molecule has 0 aromatic heterocycles. The first-order valence-electron chi connectivity index (χ1n) is 5.27. The summed E-state index contributed by atoms with van der Waals surface area (Å²) >= 11 is 0. The highest BCUT2D eigenvalue weighted by Crippen LogP contribution is 2.19. The van der Waals surface area contributed by atoms with E-state index in [4.69, 9.17) is 5.11 Å². The Morgan fingerprint density at radius 2 is 2.08 bits per heavy atom. The lowest BCUT2D eigenvalue weighted by Crippen LogP contribution is -2.41. The molecule has 3 nitrogen and oxygen atoms in total. The van der Waals surface area contributed by atoms with Crippen LogP contribution in [0.1, 0.15) is 19.8 Å². The third-order valence-electron chi connectivity index (χ3n) is 3.05. The van der Waals surface area contributed by atoms with Crippen LogP contribution in [0, 0.1) is 5.92 Å². The summed E-state index contributed by atoms with van der Waals surface area (Å²) < 4.78 is 0. The second-order valence-corrected chi connectivity index (χ2v) is 4.11. The minimum Gasteiger partial charge on any atom is -0.395 e. The average Bonchev–Trinajstić information content (AvgIpc) is 2.15. The molecule has 1 unspecified atom stereocenters. The minimum atomic E-state index is 0.247. The molecule has 0 aromatic rings. The zero-order chi connectivity index (χ0) is 9.68. The summed E-state index contributed by atoms with van der Waals surface area (Å²) in [6.45, 7) is 5.64. The Balaban J connectivity index is 2.19. The maximum atomic E-state index is 8.68. The van der Waals surface area contributed by atoms with Crippen LogP contribution in [0.5, 0.6) is 0 Å². The van der Waals surface area contributed by atoms with Gasteiger partial charge in [0, 0.05) is 12.6 Å². The maximum absolute atomic E-state index is 8.68. The van der Waals surface area contributed by atoms with Gasteiger partial charge < -0.3 is 15.3 Å². The summed E-state index contributed by atoms with van der Waals surface area (Å²) in [4.78, 5) is 2.38. The summed E-state index contributed by atoms with van der Waals surface area (Å²) in [5, 5.41) is 12.0. The van der Waals surface area contributed by atoms with Gasteiger partial charge >= 0.3 is 0 Å². The first-order valence-corrected chi connectivity index (χ1v) is 5.27. The molecule has 0 saturated carbocycles. The van der Waals surface area contributed by atoms with Gasteiger partial charge in [-0.3, -0.25) is 0 Å². The van der Waals surface area contributed by atoms with Gasteiger partial charge in [0.1, 0.15) is 0 Å². The first-order chi connectivity index (χ1) is 6.24. The highest BCUT2D eigenvalue weighted by molar-refractivity contribution is 4.78. The van der Waals surface area contributed by atoms with Crippen molar-refractivity contribution in [3.05, 3.63) is 0 Å². The van der Waals surface area contributed by atoms with Crippen molar-refractivity contribution in [1.82, 2.24) is 10.2 Å². The molecule has 78 valence electrons. The second kappa shape index (κ2) is 5.58. The van der Waals surface area contributed by atoms with Crippen molar-refractivity contribution in [3.8, 4) is 0 Å². The predicted octanol–water partition coefficient (Wildman–Crippen LogP) is 0.299. The molecule has 1 fully saturated rings. The molecular weight excluding hydrogens is 164 g/mol. The van der Waals surface area contributed by atoms with Crippen LogP contribution in [0.25, 0.3) is 0 Å². The van der Waals surface area contributed by atoms with E-state index in [2.05, 4.69) is 24.2 Å². The maximum Gasteiger partial charge on any atom is 0.0556 e. The Morgan fingerprint density at radius 1 is 1.46 bits per heavy atom. The van der Waals surface area contributed by atoms with Gasteiger partial charge in [-0.25, -0.2) is 0 Å². The van der Waals surface area contributed by atoms with Gasteiger partial charge in [-0.15, -0.1) is 0 Å². The van der Waals surface area contributed by atoms with Crippen LogP contribution >= 0.6 is 0 Å². The number of hydrogen-bond acceptors (Lipinski definition) is 3. The summed E-state index contributed by atoms with van der Waals surface area (Å²) in [5.41, 5.74) is 0. The van der Waals surface area contributed by atoms with Crippen molar-refractivity contribution in [2.24, 2.45) is 5.92 Å². The van der Waals surface area contributed by atoms with E-state index in [1.165, 1.54) is 25.9 Å². The highest BCUT2D eigenvalue weighted by Gasteiger charge is 2.21. The number of piperidine rings is 1. The van der Waals surface area contributed by atoms with E-state index in [1.807, 2.05) is 0 Å². The van der Waals surface area contributed by atoms with Crippen molar-refractivity contribution in [2.45, 2.75) is 25.8 Å². The minimum absolute atomic E-state index is 0.247. The molecule has 0 amide bonds. The van der Waals surface area contributed by atoms with Gasteiger partial charge in [0.05, 0.1) is 6.61 Å². The molecule has 1 aliphatic heterocycles. The summed E-state index contributed by atoms with van der Waals surface area (Å²) in [6.07, 6.45) is 2.58. The van der Waals surface area contributed by atoms with Crippen molar-refractivity contribution < 1.29 is 5.11 Å². The van der Waals surface area contributed by atoms with E-state index >= 15 is 0 Å². The molecule has 0 radical (unpaired) electrons. The molecule has 0 spiro atoms. The fourth-order valence-electron chi connectivity index (χ4n) is 1.99. The molecule has 0 bridgehead atoms. The van der Waals surface area contributed by atoms with Crippen LogP contribution in [0.4, 0.5) is 0 Å². The van der Waals surface area contributed by atoms with Crippen LogP contribution in [0.3, 0.4) is 0 Å². The summed E-state index contributed by atoms with van der Waals surface area (Å²) in [5.74, 6) is 0.794. The second-order valence-electron chi connectivity index (χ2n) is 4.11. The molecule has 0 aliphatic carbocycles. The molecule has 3 heteroatoms. The number of nitrogens with zero attached hydrogens (tertiary/aromatic N) is 1. The van der Waals surface area contributed by atoms with Gasteiger partial charge in [-0.05, 0) is 45.8 Å². The van der Waals surface area contributed by atoms with Gasteiger partial charge in [0.2, 0.25) is 0 Å². The topological polar surface area (TPSA) is 35.5 Å². The Bertz CT molecular complexity index is 133. The third kappa shape index (κ3) is 3.63. The predicted molar refractivity (Wildman–Crippen MR) is 54.8 cm³/mol. The summed E-state index contributed by atoms with van der Waals surface area (Å²) in [6, 6.07) is 0.556. The summed E-state index contributed by atoms with van der Waals surface area (Å²) in [7, 11) is 2.18. The number of nitrogens with one attached hydrogen (secondary N) is 1. The van der Waals surface area contributed by atoms with E-state index in [1.54, 1.807) is 0 Å². The average molecular weight is 186 g/mol. The molecule has 1 aliphatic rings. The Kier molecular flexibility index (Phi) is 4.70. The highest BCUT2D eigenvalue weighted by atomic mass is 16.3. The van der Waals surface area contributed by atoms with Gasteiger partial charge in [0.25, 0.3) is 0 Å². The fraction of sp³-hybridized carbons (Fsp3) is 1.00. The van der Waals surface area contributed by atoms with Gasteiger partial charge in [-0.1, -0.05) is 0 Å². The van der Waals surface area contributed by atoms with Crippen LogP contribution in [0.2, 0.25) is 0 Å². The molecular formula is C10H22N2O. The number of aliphatic hydroxyl groups excluding tert-OH is 1. The molecule has 1 saturated heterocycles.